The lowest BCUT2D eigenvalue weighted by atomic mass is 9.74. The summed E-state index contributed by atoms with van der Waals surface area (Å²) >= 11 is 0. The molecule has 20 heavy (non-hydrogen) atoms. The number of aliphatic carboxylic acids is 1. The molecule has 2 nitrogen and oxygen atoms in total. The van der Waals surface area contributed by atoms with Crippen molar-refractivity contribution in [1.29, 1.82) is 0 Å². The van der Waals surface area contributed by atoms with E-state index in [2.05, 4.69) is 20.8 Å². The predicted octanol–water partition coefficient (Wildman–Crippen LogP) is 6.19. The molecule has 0 saturated heterocycles. The molecule has 0 aromatic rings. The van der Waals surface area contributed by atoms with Crippen LogP contribution in [0, 0.1) is 5.41 Å². The zero-order chi connectivity index (χ0) is 15.3. The number of hydrogen-bond donors (Lipinski definition) is 1. The summed E-state index contributed by atoms with van der Waals surface area (Å²) in [6.45, 7) is 6.55. The van der Waals surface area contributed by atoms with E-state index in [1.165, 1.54) is 38.5 Å². The second kappa shape index (κ2) is 12.2. The Kier molecular flexibility index (Phi) is 11.9. The van der Waals surface area contributed by atoms with Gasteiger partial charge in [0.15, 0.2) is 0 Å². The fourth-order valence-corrected chi connectivity index (χ4v) is 2.99. The minimum Gasteiger partial charge on any atom is -0.481 e. The molecule has 1 N–H and O–H groups in total. The molecule has 0 aromatic heterocycles. The lowest BCUT2D eigenvalue weighted by Crippen LogP contribution is -2.31. The van der Waals surface area contributed by atoms with Crippen molar-refractivity contribution >= 4 is 5.97 Å². The molecule has 0 saturated carbocycles. The summed E-state index contributed by atoms with van der Waals surface area (Å²) in [4.78, 5) is 11.9. The fourth-order valence-electron chi connectivity index (χ4n) is 2.99. The molecule has 2 heteroatoms. The third-order valence-corrected chi connectivity index (χ3v) is 4.48. The molecule has 0 fully saturated rings. The lowest BCUT2D eigenvalue weighted by Gasteiger charge is -2.30. The van der Waals surface area contributed by atoms with Crippen LogP contribution in [0.3, 0.4) is 0 Å². The smallest absolute Gasteiger partial charge is 0.309 e. The zero-order valence-corrected chi connectivity index (χ0v) is 14.0. The summed E-state index contributed by atoms with van der Waals surface area (Å²) in [6, 6.07) is 0. The van der Waals surface area contributed by atoms with Gasteiger partial charge in [0, 0.05) is 0 Å². The fraction of sp³-hybridized carbons (Fsp3) is 0.944. The van der Waals surface area contributed by atoms with Crippen molar-refractivity contribution in [3.05, 3.63) is 0 Å². The largest absolute Gasteiger partial charge is 0.481 e. The summed E-state index contributed by atoms with van der Waals surface area (Å²) < 4.78 is 0. The second-order valence-corrected chi connectivity index (χ2v) is 6.31. The van der Waals surface area contributed by atoms with Crippen molar-refractivity contribution in [3.63, 3.8) is 0 Å². The minimum absolute atomic E-state index is 0.433. The SMILES string of the molecule is CCCCCCC(CCCC)(CCCCCC)C(=O)O. The molecule has 0 radical (unpaired) electrons. The van der Waals surface area contributed by atoms with E-state index in [0.29, 0.717) is 0 Å². The molecule has 0 aliphatic rings. The summed E-state index contributed by atoms with van der Waals surface area (Å²) in [6.07, 6.45) is 14.2. The molecule has 0 aliphatic carbocycles. The highest BCUT2D eigenvalue weighted by molar-refractivity contribution is 5.74. The molecule has 0 aromatic carbocycles. The van der Waals surface area contributed by atoms with Crippen LogP contribution in [0.15, 0.2) is 0 Å². The van der Waals surface area contributed by atoms with Gasteiger partial charge in [0.25, 0.3) is 0 Å². The molecular weight excluding hydrogens is 248 g/mol. The Bertz CT molecular complexity index is 224. The first-order valence-corrected chi connectivity index (χ1v) is 8.86. The van der Waals surface area contributed by atoms with E-state index in [1.807, 2.05) is 0 Å². The molecule has 0 unspecified atom stereocenters. The Morgan fingerprint density at radius 1 is 0.700 bits per heavy atom. The molecule has 0 atom stereocenters. The number of carboxylic acid groups (broad SMARTS) is 1. The van der Waals surface area contributed by atoms with Crippen LogP contribution in [0.4, 0.5) is 0 Å². The number of hydrogen-bond acceptors (Lipinski definition) is 1. The third kappa shape index (κ3) is 7.91. The quantitative estimate of drug-likeness (QED) is 0.386. The van der Waals surface area contributed by atoms with Crippen molar-refractivity contribution in [2.75, 3.05) is 0 Å². The summed E-state index contributed by atoms with van der Waals surface area (Å²) in [5, 5.41) is 9.76. The van der Waals surface area contributed by atoms with E-state index in [-0.39, 0.29) is 0 Å². The molecule has 0 heterocycles. The average Bonchev–Trinajstić information content (AvgIpc) is 2.44. The molecule has 0 rings (SSSR count). The maximum absolute atomic E-state index is 11.9. The summed E-state index contributed by atoms with van der Waals surface area (Å²) in [7, 11) is 0. The first kappa shape index (κ1) is 19.5. The van der Waals surface area contributed by atoms with Crippen LogP contribution in [0.2, 0.25) is 0 Å². The van der Waals surface area contributed by atoms with Crippen LogP contribution in [-0.2, 0) is 4.79 Å². The van der Waals surface area contributed by atoms with Crippen molar-refractivity contribution in [2.24, 2.45) is 5.41 Å². The lowest BCUT2D eigenvalue weighted by molar-refractivity contribution is -0.150. The molecular formula is C18H36O2. The third-order valence-electron chi connectivity index (χ3n) is 4.48. The summed E-state index contributed by atoms with van der Waals surface area (Å²) in [5.41, 5.74) is -0.433. The van der Waals surface area contributed by atoms with Crippen molar-refractivity contribution < 1.29 is 9.90 Å². The van der Waals surface area contributed by atoms with Gasteiger partial charge in [0.05, 0.1) is 5.41 Å². The zero-order valence-electron chi connectivity index (χ0n) is 14.0. The highest BCUT2D eigenvalue weighted by Gasteiger charge is 2.36. The molecule has 0 spiro atoms. The molecule has 0 bridgehead atoms. The van der Waals surface area contributed by atoms with Gasteiger partial charge in [-0.3, -0.25) is 4.79 Å². The van der Waals surface area contributed by atoms with Gasteiger partial charge in [-0.2, -0.15) is 0 Å². The average molecular weight is 284 g/mol. The molecule has 120 valence electrons. The van der Waals surface area contributed by atoms with Gasteiger partial charge < -0.3 is 5.11 Å². The van der Waals surface area contributed by atoms with Gasteiger partial charge in [-0.15, -0.1) is 0 Å². The van der Waals surface area contributed by atoms with Gasteiger partial charge >= 0.3 is 5.97 Å². The Morgan fingerprint density at radius 3 is 1.45 bits per heavy atom. The van der Waals surface area contributed by atoms with E-state index >= 15 is 0 Å². The number of rotatable bonds is 14. The van der Waals surface area contributed by atoms with Crippen molar-refractivity contribution in [1.82, 2.24) is 0 Å². The highest BCUT2D eigenvalue weighted by Crippen LogP contribution is 2.37. The van der Waals surface area contributed by atoms with Crippen molar-refractivity contribution in [2.45, 2.75) is 104 Å². The Hall–Kier alpha value is -0.530. The monoisotopic (exact) mass is 284 g/mol. The van der Waals surface area contributed by atoms with Crippen LogP contribution < -0.4 is 0 Å². The highest BCUT2D eigenvalue weighted by atomic mass is 16.4. The minimum atomic E-state index is -0.543. The van der Waals surface area contributed by atoms with Gasteiger partial charge in [-0.25, -0.2) is 0 Å². The van der Waals surface area contributed by atoms with Crippen LogP contribution in [0.5, 0.6) is 0 Å². The summed E-state index contributed by atoms with van der Waals surface area (Å²) in [5.74, 6) is -0.543. The predicted molar refractivity (Wildman–Crippen MR) is 87.1 cm³/mol. The van der Waals surface area contributed by atoms with Crippen molar-refractivity contribution in [3.8, 4) is 0 Å². The van der Waals surface area contributed by atoms with E-state index < -0.39 is 11.4 Å². The van der Waals surface area contributed by atoms with Gasteiger partial charge in [-0.1, -0.05) is 85.0 Å². The standard InChI is InChI=1S/C18H36O2/c1-4-7-10-12-15-18(17(19)20,14-9-6-3)16-13-11-8-5-2/h4-16H2,1-3H3,(H,19,20). The Balaban J connectivity index is 4.46. The van der Waals surface area contributed by atoms with Gasteiger partial charge in [0.1, 0.15) is 0 Å². The normalized spacial score (nSPS) is 11.8. The van der Waals surface area contributed by atoms with E-state index in [1.54, 1.807) is 0 Å². The Morgan fingerprint density at radius 2 is 1.10 bits per heavy atom. The first-order valence-electron chi connectivity index (χ1n) is 8.86. The van der Waals surface area contributed by atoms with E-state index in [0.717, 1.165) is 44.9 Å². The number of carbonyl (C=O) groups is 1. The Labute approximate surface area is 126 Å². The van der Waals surface area contributed by atoms with Crippen LogP contribution in [0.1, 0.15) is 104 Å². The van der Waals surface area contributed by atoms with Gasteiger partial charge in [0.2, 0.25) is 0 Å². The van der Waals surface area contributed by atoms with E-state index in [9.17, 15) is 9.90 Å². The van der Waals surface area contributed by atoms with Crippen LogP contribution in [0.25, 0.3) is 0 Å². The van der Waals surface area contributed by atoms with Gasteiger partial charge in [-0.05, 0) is 19.3 Å². The van der Waals surface area contributed by atoms with E-state index in [4.69, 9.17) is 0 Å². The number of carboxylic acids is 1. The van der Waals surface area contributed by atoms with Crippen LogP contribution >= 0.6 is 0 Å². The first-order chi connectivity index (χ1) is 9.63. The molecule has 0 amide bonds. The second-order valence-electron chi connectivity index (χ2n) is 6.31. The number of unbranched alkanes of at least 4 members (excludes halogenated alkanes) is 7. The van der Waals surface area contributed by atoms with Crippen LogP contribution in [-0.4, -0.2) is 11.1 Å². The topological polar surface area (TPSA) is 37.3 Å². The maximum Gasteiger partial charge on any atom is 0.309 e. The maximum atomic E-state index is 11.9. The molecule has 0 aliphatic heterocycles.